The second-order valence-electron chi connectivity index (χ2n) is 4.72. The van der Waals surface area contributed by atoms with E-state index in [-0.39, 0.29) is 5.97 Å². The molecule has 0 radical (unpaired) electrons. The van der Waals surface area contributed by atoms with E-state index >= 15 is 0 Å². The third-order valence-electron chi connectivity index (χ3n) is 3.22. The van der Waals surface area contributed by atoms with Gasteiger partial charge in [-0.2, -0.15) is 11.8 Å². The minimum atomic E-state index is -0.564. The summed E-state index contributed by atoms with van der Waals surface area (Å²) < 4.78 is 4.98. The van der Waals surface area contributed by atoms with Gasteiger partial charge in [0.2, 0.25) is 0 Å². The molecule has 18 heavy (non-hydrogen) atoms. The minimum absolute atomic E-state index is 0.156. The summed E-state index contributed by atoms with van der Waals surface area (Å²) in [6.07, 6.45) is 1.87. The first kappa shape index (κ1) is 13.3. The van der Waals surface area contributed by atoms with E-state index < -0.39 is 5.54 Å². The Morgan fingerprint density at radius 2 is 2.33 bits per heavy atom. The number of hydrogen-bond acceptors (Lipinski definition) is 4. The van der Waals surface area contributed by atoms with Crippen molar-refractivity contribution in [2.24, 2.45) is 0 Å². The van der Waals surface area contributed by atoms with Crippen LogP contribution in [-0.4, -0.2) is 30.1 Å². The number of carbonyl (C=O) groups excluding carboxylic acids is 1. The van der Waals surface area contributed by atoms with E-state index in [0.717, 1.165) is 30.0 Å². The largest absolute Gasteiger partial charge is 0.467 e. The van der Waals surface area contributed by atoms with E-state index in [1.165, 1.54) is 12.7 Å². The number of hydrogen-bond donors (Lipinski definition) is 1. The normalized spacial score (nSPS) is 23.4. The molecule has 0 spiro atoms. The van der Waals surface area contributed by atoms with E-state index in [9.17, 15) is 4.79 Å². The van der Waals surface area contributed by atoms with Crippen molar-refractivity contribution in [2.45, 2.75) is 25.3 Å². The number of thioether (sulfide) groups is 1. The molecule has 1 aliphatic heterocycles. The number of rotatable bonds is 3. The number of esters is 1. The molecule has 1 N–H and O–H groups in total. The van der Waals surface area contributed by atoms with E-state index in [1.54, 1.807) is 11.8 Å². The Bertz CT molecular complexity index is 428. The Morgan fingerprint density at radius 3 is 2.94 bits per heavy atom. The Hall–Kier alpha value is -1.16. The number of carbonyl (C=O) groups is 1. The fourth-order valence-electron chi connectivity index (χ4n) is 2.30. The molecule has 4 heteroatoms. The molecule has 1 aliphatic rings. The summed E-state index contributed by atoms with van der Waals surface area (Å²) in [6.45, 7) is 2.05. The zero-order valence-electron chi connectivity index (χ0n) is 10.9. The van der Waals surface area contributed by atoms with Gasteiger partial charge in [-0.3, -0.25) is 0 Å². The molecule has 1 saturated heterocycles. The fraction of sp³-hybridized carbons (Fsp3) is 0.500. The first-order chi connectivity index (χ1) is 8.66. The average Bonchev–Trinajstić information content (AvgIpc) is 2.39. The van der Waals surface area contributed by atoms with Crippen LogP contribution >= 0.6 is 11.8 Å². The molecule has 3 nitrogen and oxygen atoms in total. The van der Waals surface area contributed by atoms with Gasteiger partial charge in [-0.1, -0.05) is 12.1 Å². The molecule has 1 aromatic rings. The SMILES string of the molecule is COC(=O)C1(Nc2cccc(C)c2)CCCSC1. The molecule has 98 valence electrons. The molecule has 1 unspecified atom stereocenters. The van der Waals surface area contributed by atoms with Crippen LogP contribution in [0.1, 0.15) is 18.4 Å². The second-order valence-corrected chi connectivity index (χ2v) is 5.83. The maximum Gasteiger partial charge on any atom is 0.332 e. The smallest absolute Gasteiger partial charge is 0.332 e. The summed E-state index contributed by atoms with van der Waals surface area (Å²) in [4.78, 5) is 12.1. The molecule has 0 aromatic heterocycles. The molecule has 0 amide bonds. The standard InChI is InChI=1S/C14H19NO2S/c1-11-5-3-6-12(9-11)15-14(13(16)17-2)7-4-8-18-10-14/h3,5-6,9,15H,4,7-8,10H2,1-2H3. The summed E-state index contributed by atoms with van der Waals surface area (Å²) in [5, 5.41) is 3.39. The highest BCUT2D eigenvalue weighted by Gasteiger charge is 2.41. The molecule has 1 atom stereocenters. The van der Waals surface area contributed by atoms with Crippen LogP contribution in [-0.2, 0) is 9.53 Å². The third kappa shape index (κ3) is 2.80. The number of nitrogens with one attached hydrogen (secondary N) is 1. The number of anilines is 1. The van der Waals surface area contributed by atoms with Crippen LogP contribution in [0.2, 0.25) is 0 Å². The quantitative estimate of drug-likeness (QED) is 0.853. The number of benzene rings is 1. The van der Waals surface area contributed by atoms with Gasteiger partial charge < -0.3 is 10.1 Å². The van der Waals surface area contributed by atoms with Crippen LogP contribution in [0, 0.1) is 6.92 Å². The lowest BCUT2D eigenvalue weighted by atomic mass is 9.94. The van der Waals surface area contributed by atoms with Gasteiger partial charge in [0.1, 0.15) is 5.54 Å². The summed E-state index contributed by atoms with van der Waals surface area (Å²) in [6, 6.07) is 8.10. The lowest BCUT2D eigenvalue weighted by Gasteiger charge is -2.35. The van der Waals surface area contributed by atoms with Crippen molar-refractivity contribution in [3.05, 3.63) is 29.8 Å². The second kappa shape index (κ2) is 5.65. The lowest BCUT2D eigenvalue weighted by Crippen LogP contribution is -2.51. The number of methoxy groups -OCH3 is 1. The van der Waals surface area contributed by atoms with Crippen molar-refractivity contribution >= 4 is 23.4 Å². The van der Waals surface area contributed by atoms with Crippen LogP contribution in [0.15, 0.2) is 24.3 Å². The van der Waals surface area contributed by atoms with Crippen LogP contribution in [0.5, 0.6) is 0 Å². The molecule has 1 heterocycles. The summed E-state index contributed by atoms with van der Waals surface area (Å²) in [5.41, 5.74) is 1.61. The van der Waals surface area contributed by atoms with Crippen molar-refractivity contribution in [3.63, 3.8) is 0 Å². The minimum Gasteiger partial charge on any atom is -0.467 e. The Labute approximate surface area is 112 Å². The summed E-state index contributed by atoms with van der Waals surface area (Å²) in [5.74, 6) is 1.73. The molecular weight excluding hydrogens is 246 g/mol. The van der Waals surface area contributed by atoms with Crippen LogP contribution < -0.4 is 5.32 Å². The van der Waals surface area contributed by atoms with E-state index in [0.29, 0.717) is 0 Å². The van der Waals surface area contributed by atoms with Crippen molar-refractivity contribution in [3.8, 4) is 0 Å². The van der Waals surface area contributed by atoms with Gasteiger partial charge in [0.05, 0.1) is 7.11 Å². The molecule has 1 fully saturated rings. The number of aryl methyl sites for hydroxylation is 1. The van der Waals surface area contributed by atoms with Gasteiger partial charge >= 0.3 is 5.97 Å². The van der Waals surface area contributed by atoms with Gasteiger partial charge in [-0.25, -0.2) is 4.79 Å². The van der Waals surface area contributed by atoms with Gasteiger partial charge in [0, 0.05) is 11.4 Å². The van der Waals surface area contributed by atoms with Crippen LogP contribution in [0.4, 0.5) is 5.69 Å². The maximum atomic E-state index is 12.1. The topological polar surface area (TPSA) is 38.3 Å². The summed E-state index contributed by atoms with van der Waals surface area (Å²) in [7, 11) is 1.46. The highest BCUT2D eigenvalue weighted by Crippen LogP contribution is 2.31. The molecule has 0 saturated carbocycles. The predicted molar refractivity (Wildman–Crippen MR) is 76.1 cm³/mol. The van der Waals surface area contributed by atoms with Crippen LogP contribution in [0.3, 0.4) is 0 Å². The summed E-state index contributed by atoms with van der Waals surface area (Å²) >= 11 is 1.81. The average molecular weight is 265 g/mol. The fourth-order valence-corrected chi connectivity index (χ4v) is 3.48. The van der Waals surface area contributed by atoms with Crippen molar-refractivity contribution in [2.75, 3.05) is 23.9 Å². The van der Waals surface area contributed by atoms with E-state index in [1.807, 2.05) is 25.1 Å². The Kier molecular flexibility index (Phi) is 4.17. The maximum absolute atomic E-state index is 12.1. The molecule has 1 aromatic carbocycles. The molecule has 2 rings (SSSR count). The Balaban J connectivity index is 2.22. The van der Waals surface area contributed by atoms with E-state index in [4.69, 9.17) is 4.74 Å². The number of ether oxygens (including phenoxy) is 1. The first-order valence-electron chi connectivity index (χ1n) is 6.17. The molecule has 0 bridgehead atoms. The van der Waals surface area contributed by atoms with E-state index in [2.05, 4.69) is 11.4 Å². The zero-order chi connectivity index (χ0) is 13.0. The lowest BCUT2D eigenvalue weighted by molar-refractivity contribution is -0.145. The molecule has 0 aliphatic carbocycles. The van der Waals surface area contributed by atoms with Gasteiger partial charge in [-0.15, -0.1) is 0 Å². The zero-order valence-corrected chi connectivity index (χ0v) is 11.7. The first-order valence-corrected chi connectivity index (χ1v) is 7.33. The monoisotopic (exact) mass is 265 g/mol. The Morgan fingerprint density at radius 1 is 1.50 bits per heavy atom. The van der Waals surface area contributed by atoms with Gasteiger partial charge in [-0.05, 0) is 43.2 Å². The van der Waals surface area contributed by atoms with Crippen LogP contribution in [0.25, 0.3) is 0 Å². The highest BCUT2D eigenvalue weighted by molar-refractivity contribution is 7.99. The van der Waals surface area contributed by atoms with Crippen molar-refractivity contribution in [1.82, 2.24) is 0 Å². The molecular formula is C14H19NO2S. The van der Waals surface area contributed by atoms with Gasteiger partial charge in [0.25, 0.3) is 0 Å². The van der Waals surface area contributed by atoms with Crippen molar-refractivity contribution in [1.29, 1.82) is 0 Å². The predicted octanol–water partition coefficient (Wildman–Crippen LogP) is 2.85. The highest BCUT2D eigenvalue weighted by atomic mass is 32.2. The third-order valence-corrected chi connectivity index (χ3v) is 4.49. The van der Waals surface area contributed by atoms with Crippen molar-refractivity contribution < 1.29 is 9.53 Å². The van der Waals surface area contributed by atoms with Gasteiger partial charge in [0.15, 0.2) is 0 Å².